The van der Waals surface area contributed by atoms with Crippen LogP contribution < -0.4 is 5.32 Å². The van der Waals surface area contributed by atoms with Crippen molar-refractivity contribution in [1.82, 2.24) is 10.2 Å². The van der Waals surface area contributed by atoms with E-state index in [1.807, 2.05) is 0 Å². The van der Waals surface area contributed by atoms with E-state index in [0.717, 1.165) is 25.7 Å². The normalized spacial score (nSPS) is 12.3. The molecule has 0 aliphatic rings. The fourth-order valence-corrected chi connectivity index (χ4v) is 2.98. The summed E-state index contributed by atoms with van der Waals surface area (Å²) in [7, 11) is 3.57. The molecule has 5 heteroatoms. The molecular weight excluding hydrogens is 316 g/mol. The minimum Gasteiger partial charge on any atom is -0.480 e. The summed E-state index contributed by atoms with van der Waals surface area (Å²) in [6.45, 7) is 2.89. The minimum atomic E-state index is -0.778. The summed E-state index contributed by atoms with van der Waals surface area (Å²) >= 11 is 0. The molecule has 0 fully saturated rings. The zero-order chi connectivity index (χ0) is 18.9. The molecule has 0 aliphatic carbocycles. The van der Waals surface area contributed by atoms with E-state index in [0.29, 0.717) is 19.4 Å². The third-order valence-electron chi connectivity index (χ3n) is 4.64. The second-order valence-corrected chi connectivity index (χ2v) is 7.24. The average molecular weight is 357 g/mol. The maximum Gasteiger partial charge on any atom is 0.320 e. The van der Waals surface area contributed by atoms with Gasteiger partial charge in [0, 0.05) is 13.0 Å². The first-order valence-electron chi connectivity index (χ1n) is 10.1. The zero-order valence-electron chi connectivity index (χ0n) is 16.7. The number of aliphatic carboxylic acids is 1. The van der Waals surface area contributed by atoms with Gasteiger partial charge in [-0.1, -0.05) is 58.3 Å². The van der Waals surface area contributed by atoms with Gasteiger partial charge in [-0.15, -0.1) is 0 Å². The van der Waals surface area contributed by atoms with Crippen molar-refractivity contribution in [2.45, 2.75) is 96.4 Å². The molecule has 0 spiro atoms. The van der Waals surface area contributed by atoms with Gasteiger partial charge in [0.2, 0.25) is 5.91 Å². The van der Waals surface area contributed by atoms with Gasteiger partial charge in [-0.05, 0) is 39.8 Å². The number of carbonyl (C=O) groups excluding carboxylic acids is 1. The van der Waals surface area contributed by atoms with E-state index in [1.165, 1.54) is 44.9 Å². The zero-order valence-corrected chi connectivity index (χ0v) is 16.7. The molecule has 0 rings (SSSR count). The summed E-state index contributed by atoms with van der Waals surface area (Å²) in [5.74, 6) is -0.648. The Bertz CT molecular complexity index is 346. The van der Waals surface area contributed by atoms with Crippen LogP contribution in [0.5, 0.6) is 0 Å². The van der Waals surface area contributed by atoms with Gasteiger partial charge in [0.15, 0.2) is 0 Å². The lowest BCUT2D eigenvalue weighted by Crippen LogP contribution is -2.35. The molecule has 0 aromatic carbocycles. The van der Waals surface area contributed by atoms with Crippen LogP contribution in [-0.2, 0) is 9.59 Å². The highest BCUT2D eigenvalue weighted by Gasteiger charge is 2.18. The molecule has 0 aromatic rings. The standard InChI is InChI=1S/C20H40N2O3/c1-4-5-6-7-8-9-10-11-12-16-19(23)21-17-14-13-15-18(20(24)25)22(2)3/h18H,4-17H2,1-3H3,(H,21,23)(H,24,25). The Labute approximate surface area is 154 Å². The van der Waals surface area contributed by atoms with Crippen LogP contribution in [0.15, 0.2) is 0 Å². The maximum atomic E-state index is 11.8. The molecule has 2 N–H and O–H groups in total. The van der Waals surface area contributed by atoms with Crippen molar-refractivity contribution in [3.05, 3.63) is 0 Å². The number of unbranched alkanes of at least 4 members (excludes halogenated alkanes) is 9. The van der Waals surface area contributed by atoms with Crippen LogP contribution in [0.3, 0.4) is 0 Å². The second kappa shape index (κ2) is 16.4. The smallest absolute Gasteiger partial charge is 0.320 e. The predicted molar refractivity (Wildman–Crippen MR) is 104 cm³/mol. The van der Waals surface area contributed by atoms with Gasteiger partial charge in [-0.25, -0.2) is 0 Å². The molecule has 0 aromatic heterocycles. The Morgan fingerprint density at radius 1 is 0.880 bits per heavy atom. The number of hydrogen-bond donors (Lipinski definition) is 2. The van der Waals surface area contributed by atoms with E-state index in [1.54, 1.807) is 19.0 Å². The number of carboxylic acids is 1. The summed E-state index contributed by atoms with van der Waals surface area (Å²) in [6, 6.07) is -0.433. The monoisotopic (exact) mass is 356 g/mol. The van der Waals surface area contributed by atoms with Crippen molar-refractivity contribution < 1.29 is 14.7 Å². The second-order valence-electron chi connectivity index (χ2n) is 7.24. The molecule has 0 saturated carbocycles. The van der Waals surface area contributed by atoms with Crippen molar-refractivity contribution in [2.24, 2.45) is 0 Å². The van der Waals surface area contributed by atoms with Gasteiger partial charge in [0.25, 0.3) is 0 Å². The molecule has 5 nitrogen and oxygen atoms in total. The quantitative estimate of drug-likeness (QED) is 0.383. The largest absolute Gasteiger partial charge is 0.480 e. The van der Waals surface area contributed by atoms with E-state index in [4.69, 9.17) is 5.11 Å². The number of rotatable bonds is 17. The summed E-state index contributed by atoms with van der Waals surface area (Å²) in [5, 5.41) is 12.0. The Kier molecular flexibility index (Phi) is 15.7. The molecule has 1 amide bonds. The fourth-order valence-electron chi connectivity index (χ4n) is 2.98. The van der Waals surface area contributed by atoms with Gasteiger partial charge in [-0.2, -0.15) is 0 Å². The molecule has 0 bridgehead atoms. The lowest BCUT2D eigenvalue weighted by atomic mass is 10.1. The van der Waals surface area contributed by atoms with Crippen LogP contribution in [0.2, 0.25) is 0 Å². The van der Waals surface area contributed by atoms with E-state index in [2.05, 4.69) is 12.2 Å². The van der Waals surface area contributed by atoms with Crippen molar-refractivity contribution in [3.8, 4) is 0 Å². The summed E-state index contributed by atoms with van der Waals surface area (Å²) < 4.78 is 0. The highest BCUT2D eigenvalue weighted by atomic mass is 16.4. The number of nitrogens with zero attached hydrogens (tertiary/aromatic N) is 1. The molecule has 1 unspecified atom stereocenters. The molecule has 0 radical (unpaired) electrons. The molecule has 1 atom stereocenters. The molecule has 25 heavy (non-hydrogen) atoms. The number of carboxylic acid groups (broad SMARTS) is 1. The number of nitrogens with one attached hydrogen (secondary N) is 1. The number of amides is 1. The van der Waals surface area contributed by atoms with Gasteiger partial charge in [0.05, 0.1) is 0 Å². The van der Waals surface area contributed by atoms with Gasteiger partial charge in [-0.3, -0.25) is 14.5 Å². The van der Waals surface area contributed by atoms with Crippen LogP contribution >= 0.6 is 0 Å². The molecular formula is C20H40N2O3. The lowest BCUT2D eigenvalue weighted by molar-refractivity contribution is -0.142. The number of hydrogen-bond acceptors (Lipinski definition) is 3. The predicted octanol–water partition coefficient (Wildman–Crippen LogP) is 4.21. The van der Waals surface area contributed by atoms with Crippen LogP contribution in [-0.4, -0.2) is 48.6 Å². The van der Waals surface area contributed by atoms with E-state index in [-0.39, 0.29) is 5.91 Å². The van der Waals surface area contributed by atoms with Gasteiger partial charge >= 0.3 is 5.97 Å². The highest BCUT2D eigenvalue weighted by Crippen LogP contribution is 2.10. The fraction of sp³-hybridized carbons (Fsp3) is 0.900. The van der Waals surface area contributed by atoms with E-state index in [9.17, 15) is 9.59 Å². The Balaban J connectivity index is 3.43. The van der Waals surface area contributed by atoms with Gasteiger partial charge < -0.3 is 10.4 Å². The first-order valence-corrected chi connectivity index (χ1v) is 10.1. The number of carbonyl (C=O) groups is 2. The van der Waals surface area contributed by atoms with Crippen molar-refractivity contribution in [1.29, 1.82) is 0 Å². The highest BCUT2D eigenvalue weighted by molar-refractivity contribution is 5.75. The van der Waals surface area contributed by atoms with Crippen molar-refractivity contribution in [2.75, 3.05) is 20.6 Å². The first-order chi connectivity index (χ1) is 12.0. The SMILES string of the molecule is CCCCCCCCCCCC(=O)NCCCCC(C(=O)O)N(C)C. The number of likely N-dealkylation sites (N-methyl/N-ethyl adjacent to an activating group) is 1. The molecule has 148 valence electrons. The molecule has 0 saturated heterocycles. The van der Waals surface area contributed by atoms with Crippen molar-refractivity contribution in [3.63, 3.8) is 0 Å². The van der Waals surface area contributed by atoms with Crippen LogP contribution in [0.1, 0.15) is 90.4 Å². The van der Waals surface area contributed by atoms with E-state index < -0.39 is 12.0 Å². The average Bonchev–Trinajstić information content (AvgIpc) is 2.55. The lowest BCUT2D eigenvalue weighted by Gasteiger charge is -2.19. The first kappa shape index (κ1) is 23.9. The third kappa shape index (κ3) is 14.9. The molecule has 0 heterocycles. The Morgan fingerprint density at radius 2 is 1.44 bits per heavy atom. The van der Waals surface area contributed by atoms with Crippen molar-refractivity contribution >= 4 is 11.9 Å². The van der Waals surface area contributed by atoms with Crippen LogP contribution in [0.4, 0.5) is 0 Å². The van der Waals surface area contributed by atoms with Crippen LogP contribution in [0.25, 0.3) is 0 Å². The minimum absolute atomic E-state index is 0.130. The van der Waals surface area contributed by atoms with Gasteiger partial charge in [0.1, 0.15) is 6.04 Å². The van der Waals surface area contributed by atoms with Crippen LogP contribution in [0, 0.1) is 0 Å². The summed E-state index contributed by atoms with van der Waals surface area (Å²) in [5.41, 5.74) is 0. The summed E-state index contributed by atoms with van der Waals surface area (Å²) in [4.78, 5) is 24.5. The maximum absolute atomic E-state index is 11.8. The third-order valence-corrected chi connectivity index (χ3v) is 4.64. The van der Waals surface area contributed by atoms with E-state index >= 15 is 0 Å². The molecule has 0 aliphatic heterocycles. The Hall–Kier alpha value is -1.10. The Morgan fingerprint density at radius 3 is 1.96 bits per heavy atom. The topological polar surface area (TPSA) is 69.6 Å². The summed E-state index contributed by atoms with van der Waals surface area (Å²) in [6.07, 6.45) is 14.2.